The van der Waals surface area contributed by atoms with E-state index >= 15 is 0 Å². The Bertz CT molecular complexity index is 1370. The van der Waals surface area contributed by atoms with Gasteiger partial charge in [0.15, 0.2) is 0 Å². The van der Waals surface area contributed by atoms with Crippen LogP contribution in [0.1, 0.15) is 38.2 Å². The topological polar surface area (TPSA) is 81.2 Å². The van der Waals surface area contributed by atoms with Crippen LogP contribution in [0.3, 0.4) is 0 Å². The van der Waals surface area contributed by atoms with Crippen LogP contribution in [0.2, 0.25) is 5.02 Å². The lowest BCUT2D eigenvalue weighted by Crippen LogP contribution is -2.55. The number of carbonyl (C=O) groups excluding carboxylic acids is 3. The molecule has 43 heavy (non-hydrogen) atoms. The summed E-state index contributed by atoms with van der Waals surface area (Å²) < 4.78 is -1.21. The standard InChI is InChI=1S/C34H40ClN3O4S/c1-4-19-36(23-24-11-7-6-8-12-24)30(40)27-28-31(41)38(21-9-10-22-39)29(34(28)18-17-33(27,3)43-34)32(42)37(20-5-2)26-15-13-25(35)14-16-26/h4-8,11-16,27-29,39H,1-2,9-10,17-23H2,3H3/t27-,28+,29?,33+,34?/m1/s1. The minimum Gasteiger partial charge on any atom is -0.396 e. The van der Waals surface area contributed by atoms with Gasteiger partial charge in [-0.2, -0.15) is 0 Å². The van der Waals surface area contributed by atoms with Gasteiger partial charge in [0.05, 0.1) is 16.6 Å². The van der Waals surface area contributed by atoms with Gasteiger partial charge in [-0.3, -0.25) is 14.4 Å². The molecule has 228 valence electrons. The number of nitrogens with zero attached hydrogens (tertiary/aromatic N) is 3. The molecular weight excluding hydrogens is 582 g/mol. The third-order valence-corrected chi connectivity index (χ3v) is 11.4. The highest BCUT2D eigenvalue weighted by Crippen LogP contribution is 2.71. The van der Waals surface area contributed by atoms with Crippen LogP contribution in [-0.2, 0) is 20.9 Å². The molecule has 0 radical (unpaired) electrons. The van der Waals surface area contributed by atoms with Crippen molar-refractivity contribution in [3.8, 4) is 0 Å². The van der Waals surface area contributed by atoms with E-state index in [2.05, 4.69) is 20.1 Å². The summed E-state index contributed by atoms with van der Waals surface area (Å²) in [6.45, 7) is 11.3. The second kappa shape index (κ2) is 12.9. The maximum atomic E-state index is 14.7. The number of unbranched alkanes of at least 4 members (excludes halogenated alkanes) is 1. The van der Waals surface area contributed by atoms with Gasteiger partial charge >= 0.3 is 0 Å². The van der Waals surface area contributed by atoms with E-state index in [1.807, 2.05) is 30.3 Å². The summed E-state index contributed by atoms with van der Waals surface area (Å²) in [6.07, 6.45) is 5.90. The van der Waals surface area contributed by atoms with Crippen LogP contribution < -0.4 is 4.90 Å². The Hall–Kier alpha value is -3.07. The summed E-state index contributed by atoms with van der Waals surface area (Å²) in [6, 6.07) is 16.2. The molecule has 3 saturated heterocycles. The third kappa shape index (κ3) is 5.65. The second-order valence-electron chi connectivity index (χ2n) is 11.9. The number of hydrogen-bond donors (Lipinski definition) is 1. The number of carbonyl (C=O) groups is 3. The molecule has 2 aromatic carbocycles. The molecule has 9 heteroatoms. The predicted octanol–water partition coefficient (Wildman–Crippen LogP) is 5.33. The fourth-order valence-corrected chi connectivity index (χ4v) is 9.79. The normalized spacial score (nSPS) is 27.2. The molecule has 0 aliphatic carbocycles. The smallest absolute Gasteiger partial charge is 0.251 e. The van der Waals surface area contributed by atoms with Crippen molar-refractivity contribution in [3.63, 3.8) is 0 Å². The lowest BCUT2D eigenvalue weighted by atomic mass is 9.66. The zero-order valence-electron chi connectivity index (χ0n) is 24.7. The van der Waals surface area contributed by atoms with Crippen LogP contribution >= 0.6 is 23.4 Å². The summed E-state index contributed by atoms with van der Waals surface area (Å²) in [5.74, 6) is -1.57. The van der Waals surface area contributed by atoms with Crippen LogP contribution in [-0.4, -0.2) is 74.4 Å². The fourth-order valence-electron chi connectivity index (χ4n) is 7.32. The summed E-state index contributed by atoms with van der Waals surface area (Å²) in [4.78, 5) is 48.8. The Morgan fingerprint density at radius 2 is 1.74 bits per heavy atom. The highest BCUT2D eigenvalue weighted by atomic mass is 35.5. The molecule has 3 aliphatic heterocycles. The van der Waals surface area contributed by atoms with Gasteiger partial charge in [0.25, 0.3) is 5.91 Å². The molecule has 2 aromatic rings. The molecule has 1 N–H and O–H groups in total. The quantitative estimate of drug-likeness (QED) is 0.242. The fraction of sp³-hybridized carbons (Fsp3) is 0.441. The molecule has 3 fully saturated rings. The van der Waals surface area contributed by atoms with E-state index in [4.69, 9.17) is 11.6 Å². The van der Waals surface area contributed by atoms with E-state index in [-0.39, 0.29) is 30.9 Å². The number of aliphatic hydroxyl groups excluding tert-OH is 1. The third-order valence-electron chi connectivity index (χ3n) is 9.18. The minimum atomic E-state index is -0.745. The Kier molecular flexibility index (Phi) is 9.40. The lowest BCUT2D eigenvalue weighted by molar-refractivity contribution is -0.145. The Morgan fingerprint density at radius 3 is 2.40 bits per heavy atom. The van der Waals surface area contributed by atoms with Crippen molar-refractivity contribution in [1.82, 2.24) is 9.80 Å². The van der Waals surface area contributed by atoms with Crippen molar-refractivity contribution in [3.05, 3.63) is 90.5 Å². The van der Waals surface area contributed by atoms with Crippen molar-refractivity contribution in [2.45, 2.75) is 54.7 Å². The highest BCUT2D eigenvalue weighted by molar-refractivity contribution is 8.02. The number of fused-ring (bicyclic) bond motifs is 1. The van der Waals surface area contributed by atoms with Crippen LogP contribution in [0.4, 0.5) is 5.69 Å². The van der Waals surface area contributed by atoms with E-state index in [9.17, 15) is 19.5 Å². The van der Waals surface area contributed by atoms with Crippen molar-refractivity contribution in [2.75, 3.05) is 31.1 Å². The molecule has 5 atom stereocenters. The van der Waals surface area contributed by atoms with Crippen LogP contribution in [0, 0.1) is 11.8 Å². The number of amides is 3. The van der Waals surface area contributed by atoms with Crippen molar-refractivity contribution in [1.29, 1.82) is 0 Å². The van der Waals surface area contributed by atoms with E-state index in [1.165, 1.54) is 0 Å². The number of aliphatic hydroxyl groups is 1. The first kappa shape index (κ1) is 31.4. The maximum absolute atomic E-state index is 14.7. The number of benzene rings is 2. The lowest BCUT2D eigenvalue weighted by Gasteiger charge is -2.38. The molecular formula is C34H40ClN3O4S. The molecule has 3 amide bonds. The molecule has 3 heterocycles. The first-order chi connectivity index (χ1) is 20.7. The molecule has 0 aromatic heterocycles. The Morgan fingerprint density at radius 1 is 1.05 bits per heavy atom. The molecule has 7 nitrogen and oxygen atoms in total. The zero-order valence-corrected chi connectivity index (χ0v) is 26.2. The predicted molar refractivity (Wildman–Crippen MR) is 173 cm³/mol. The number of halogens is 1. The maximum Gasteiger partial charge on any atom is 0.251 e. The summed E-state index contributed by atoms with van der Waals surface area (Å²) in [5, 5.41) is 10.1. The Labute approximate surface area is 263 Å². The highest BCUT2D eigenvalue weighted by Gasteiger charge is 2.77. The van der Waals surface area contributed by atoms with Crippen LogP contribution in [0.25, 0.3) is 0 Å². The molecule has 1 spiro atoms. The first-order valence-corrected chi connectivity index (χ1v) is 16.1. The van der Waals surface area contributed by atoms with Crippen LogP contribution in [0.15, 0.2) is 79.9 Å². The number of likely N-dealkylation sites (tertiary alicyclic amines) is 1. The average molecular weight is 622 g/mol. The SMILES string of the molecule is C=CCN(Cc1ccccc1)C(=O)[C@H]1[C@H]2C(=O)N(CCCCO)C(C(=O)N(CC=C)c3ccc(Cl)cc3)C23CC[C@]1(C)S3. The van der Waals surface area contributed by atoms with E-state index in [1.54, 1.807) is 62.9 Å². The van der Waals surface area contributed by atoms with E-state index < -0.39 is 27.4 Å². The van der Waals surface area contributed by atoms with Crippen molar-refractivity contribution < 1.29 is 19.5 Å². The minimum absolute atomic E-state index is 0.00646. The zero-order chi connectivity index (χ0) is 30.8. The van der Waals surface area contributed by atoms with Gasteiger partial charge in [-0.15, -0.1) is 24.9 Å². The van der Waals surface area contributed by atoms with Gasteiger partial charge in [0.2, 0.25) is 11.8 Å². The number of hydrogen-bond acceptors (Lipinski definition) is 5. The van der Waals surface area contributed by atoms with E-state index in [0.29, 0.717) is 49.6 Å². The molecule has 3 aliphatic rings. The monoisotopic (exact) mass is 621 g/mol. The largest absolute Gasteiger partial charge is 0.396 e. The summed E-state index contributed by atoms with van der Waals surface area (Å²) in [7, 11) is 0. The van der Waals surface area contributed by atoms with Gasteiger partial charge in [-0.1, -0.05) is 54.1 Å². The van der Waals surface area contributed by atoms with Gasteiger partial charge in [-0.25, -0.2) is 0 Å². The molecule has 2 unspecified atom stereocenters. The Balaban J connectivity index is 1.54. The van der Waals surface area contributed by atoms with Crippen molar-refractivity contribution >= 4 is 46.8 Å². The number of rotatable bonds is 13. The molecule has 5 rings (SSSR count). The first-order valence-electron chi connectivity index (χ1n) is 14.9. The van der Waals surface area contributed by atoms with Crippen LogP contribution in [0.5, 0.6) is 0 Å². The van der Waals surface area contributed by atoms with E-state index in [0.717, 1.165) is 12.0 Å². The average Bonchev–Trinajstić information content (AvgIpc) is 3.57. The summed E-state index contributed by atoms with van der Waals surface area (Å²) in [5.41, 5.74) is 1.68. The molecule has 2 bridgehead atoms. The second-order valence-corrected chi connectivity index (χ2v) is 14.2. The number of thioether (sulfide) groups is 1. The van der Waals surface area contributed by atoms with Crippen molar-refractivity contribution in [2.24, 2.45) is 11.8 Å². The van der Waals surface area contributed by atoms with Gasteiger partial charge in [0.1, 0.15) is 6.04 Å². The van der Waals surface area contributed by atoms with Gasteiger partial charge < -0.3 is 19.8 Å². The summed E-state index contributed by atoms with van der Waals surface area (Å²) >= 11 is 7.82. The van der Waals surface area contributed by atoms with Gasteiger partial charge in [-0.05, 0) is 62.4 Å². The molecule has 0 saturated carbocycles. The number of anilines is 1. The van der Waals surface area contributed by atoms with Gasteiger partial charge in [0, 0.05) is 48.2 Å².